The minimum atomic E-state index is -4.94. The molecule has 0 unspecified atom stereocenters. The molecule has 0 atom stereocenters. The van der Waals surface area contributed by atoms with Crippen LogP contribution < -0.4 is 37.3 Å². The van der Waals surface area contributed by atoms with E-state index in [9.17, 15) is 0 Å². The Labute approximate surface area is 358 Å². The first-order chi connectivity index (χ1) is 27.4. The first kappa shape index (κ1) is 49.2. The number of benzene rings is 3. The van der Waals surface area contributed by atoms with Crippen molar-refractivity contribution in [2.24, 2.45) is 0 Å². The topological polar surface area (TPSA) is 293 Å². The van der Waals surface area contributed by atoms with Gasteiger partial charge < -0.3 is 5.48 Å². The molecule has 0 radical (unpaired) electrons. The Kier molecular flexibility index (Phi) is 17.1. The Morgan fingerprint density at radius 2 is 0.417 bits per heavy atom. The van der Waals surface area contributed by atoms with Crippen LogP contribution in [0.5, 0.6) is 0 Å². The van der Waals surface area contributed by atoms with Crippen LogP contribution in [0.3, 0.4) is 0 Å². The van der Waals surface area contributed by atoms with Crippen molar-refractivity contribution in [3.05, 3.63) is 143 Å². The Hall–Kier alpha value is -5.17. The van der Waals surface area contributed by atoms with Gasteiger partial charge in [-0.25, -0.2) is 37.3 Å². The van der Waals surface area contributed by atoms with E-state index in [4.69, 9.17) is 37.3 Å². The number of nitrogens with zero attached hydrogens (tertiary/aromatic N) is 6. The van der Waals surface area contributed by atoms with E-state index in [0.29, 0.717) is 0 Å². The number of rotatable bonds is 0. The predicted molar refractivity (Wildman–Crippen MR) is 203 cm³/mol. The molecule has 2 N–H and O–H groups in total. The number of halogens is 2. The van der Waals surface area contributed by atoms with Crippen LogP contribution in [0.4, 0.5) is 0 Å². The van der Waals surface area contributed by atoms with Crippen molar-refractivity contribution >= 4 is 65.4 Å². The van der Waals surface area contributed by atoms with Crippen LogP contribution in [0.2, 0.25) is 0 Å². The summed E-state index contributed by atoms with van der Waals surface area (Å²) in [5, 5.41) is 7.20. The van der Waals surface area contributed by atoms with E-state index in [-0.39, 0.29) is 22.0 Å². The van der Waals surface area contributed by atoms with Gasteiger partial charge in [0.2, 0.25) is 0 Å². The minimum Gasteiger partial charge on any atom is -0.412 e. The number of aromatic nitrogens is 6. The number of hydrogen-bond donors (Lipinski definition) is 0. The summed E-state index contributed by atoms with van der Waals surface area (Å²) in [6.07, 6.45) is 10.9. The van der Waals surface area contributed by atoms with Gasteiger partial charge in [0.05, 0.1) is 33.1 Å². The molecule has 0 bridgehead atoms. The summed E-state index contributed by atoms with van der Waals surface area (Å²) in [7, 11) is -9.89. The van der Waals surface area contributed by atoms with Gasteiger partial charge in [-0.05, 0) is 111 Å². The molecule has 6 heterocycles. The molecule has 6 aromatic heterocycles. The summed E-state index contributed by atoms with van der Waals surface area (Å²) in [6, 6.07) is 24.5. The normalized spacial score (nSPS) is 10.9. The molecule has 0 aliphatic heterocycles. The van der Waals surface area contributed by atoms with E-state index >= 15 is 0 Å². The molecular formula is C42H38Cl2N6NiO9. The molecule has 9 rings (SSSR count). The monoisotopic (exact) mass is 898 g/mol. The summed E-state index contributed by atoms with van der Waals surface area (Å²) in [5.74, 6) is 0. The van der Waals surface area contributed by atoms with E-state index in [1.165, 1.54) is 65.7 Å². The van der Waals surface area contributed by atoms with Gasteiger partial charge in [-0.3, -0.25) is 29.9 Å². The van der Waals surface area contributed by atoms with Gasteiger partial charge in [0.25, 0.3) is 0 Å². The quantitative estimate of drug-likeness (QED) is 0.141. The Balaban J connectivity index is 0.000000213. The molecule has 3 aromatic carbocycles. The summed E-state index contributed by atoms with van der Waals surface area (Å²) in [4.78, 5) is 26.7. The molecule has 0 fully saturated rings. The Bertz CT molecular complexity index is 2400. The fourth-order valence-corrected chi connectivity index (χ4v) is 6.59. The molecule has 18 heteroatoms. The van der Waals surface area contributed by atoms with Crippen LogP contribution >= 0.6 is 0 Å². The third-order valence-electron chi connectivity index (χ3n) is 9.63. The maximum Gasteiger partial charge on any atom is 2.00 e. The van der Waals surface area contributed by atoms with Crippen molar-refractivity contribution < 1.29 is 79.7 Å². The molecule has 0 spiro atoms. The summed E-state index contributed by atoms with van der Waals surface area (Å²) >= 11 is 0. The maximum absolute atomic E-state index is 8.49. The minimum absolute atomic E-state index is 0. The molecule has 0 saturated carbocycles. The zero-order valence-electron chi connectivity index (χ0n) is 32.9. The first-order valence-corrected chi connectivity index (χ1v) is 19.8. The molecule has 60 heavy (non-hydrogen) atoms. The molecule has 0 aliphatic rings. The van der Waals surface area contributed by atoms with Crippen molar-refractivity contribution in [1.82, 2.24) is 29.9 Å². The third-order valence-corrected chi connectivity index (χ3v) is 9.63. The van der Waals surface area contributed by atoms with Crippen LogP contribution in [-0.4, -0.2) is 35.4 Å². The van der Waals surface area contributed by atoms with Crippen LogP contribution in [0.1, 0.15) is 33.4 Å². The molecule has 9 aromatic rings. The van der Waals surface area contributed by atoms with Gasteiger partial charge in [0.1, 0.15) is 0 Å². The van der Waals surface area contributed by atoms with Crippen molar-refractivity contribution in [2.45, 2.75) is 41.5 Å². The second-order valence-electron chi connectivity index (χ2n) is 12.9. The van der Waals surface area contributed by atoms with E-state index in [1.54, 1.807) is 0 Å². The third kappa shape index (κ3) is 12.0. The number of pyridine rings is 6. The van der Waals surface area contributed by atoms with Crippen molar-refractivity contribution in [3.8, 4) is 0 Å². The fraction of sp³-hybridized carbons (Fsp3) is 0.143. The van der Waals surface area contributed by atoms with Crippen molar-refractivity contribution in [1.29, 1.82) is 0 Å². The number of fused-ring (bicyclic) bond motifs is 9. The largest absolute Gasteiger partial charge is 2.00 e. The standard InChI is InChI=1S/3C14H12N2.2ClHO4.Ni.H2O/c3*1-9-10(2)12-6-4-8-16-14(12)13-11(9)5-3-7-15-13;2*2-1(3,4)5;;/h3*3-8H,1-2H3;2*(H,2,3,4,5);;1H2/q;;;;;+2;/p-2. The predicted octanol–water partition coefficient (Wildman–Crippen LogP) is -0.140. The second kappa shape index (κ2) is 20.9. The van der Waals surface area contributed by atoms with Gasteiger partial charge in [0.15, 0.2) is 0 Å². The van der Waals surface area contributed by atoms with Gasteiger partial charge in [0, 0.05) is 69.5 Å². The van der Waals surface area contributed by atoms with Gasteiger partial charge in [-0.15, -0.1) is 20.5 Å². The van der Waals surface area contributed by atoms with Crippen LogP contribution in [-0.2, 0) is 16.5 Å². The van der Waals surface area contributed by atoms with E-state index in [2.05, 4.69) is 108 Å². The van der Waals surface area contributed by atoms with E-state index in [0.717, 1.165) is 33.1 Å². The SMILES string of the molecule is Cc1c(C)c2cccnc2c2ncccc12.Cc1c(C)c2cccnc2c2ncccc12.Cc1c(C)c2cccnc2c2ncccc12.O.[Ni+2].[O-][Cl+3]([O-])([O-])[O-].[O-][Cl+3]([O-])([O-])[O-]. The van der Waals surface area contributed by atoms with Crippen LogP contribution in [0.25, 0.3) is 65.4 Å². The fourth-order valence-electron chi connectivity index (χ4n) is 6.59. The summed E-state index contributed by atoms with van der Waals surface area (Å²) in [6.45, 7) is 12.9. The Morgan fingerprint density at radius 3 is 0.533 bits per heavy atom. The smallest absolute Gasteiger partial charge is 0.412 e. The van der Waals surface area contributed by atoms with Crippen LogP contribution in [0, 0.1) is 62.0 Å². The molecule has 314 valence electrons. The summed E-state index contributed by atoms with van der Waals surface area (Å²) < 4.78 is 67.9. The van der Waals surface area contributed by atoms with Crippen molar-refractivity contribution in [3.63, 3.8) is 0 Å². The second-order valence-corrected chi connectivity index (χ2v) is 14.4. The zero-order valence-corrected chi connectivity index (χ0v) is 35.4. The van der Waals surface area contributed by atoms with Gasteiger partial charge in [-0.2, -0.15) is 0 Å². The summed E-state index contributed by atoms with van der Waals surface area (Å²) in [5.41, 5.74) is 13.8. The molecule has 0 saturated heterocycles. The first-order valence-electron chi connectivity index (χ1n) is 17.4. The van der Waals surface area contributed by atoms with Crippen molar-refractivity contribution in [2.75, 3.05) is 0 Å². The van der Waals surface area contributed by atoms with E-state index < -0.39 is 20.5 Å². The average molecular weight is 900 g/mol. The molecule has 15 nitrogen and oxygen atoms in total. The Morgan fingerprint density at radius 1 is 0.300 bits per heavy atom. The van der Waals surface area contributed by atoms with Gasteiger partial charge >= 0.3 is 16.5 Å². The van der Waals surface area contributed by atoms with Gasteiger partial charge in [-0.1, -0.05) is 36.4 Å². The average Bonchev–Trinajstić information content (AvgIpc) is 3.20. The molecule has 0 amide bonds. The van der Waals surface area contributed by atoms with E-state index in [1.807, 2.05) is 73.6 Å². The van der Waals surface area contributed by atoms with Crippen LogP contribution in [0.15, 0.2) is 110 Å². The molecular weight excluding hydrogens is 862 g/mol. The number of aryl methyl sites for hydroxylation is 6. The number of hydrogen-bond acceptors (Lipinski definition) is 14. The molecule has 0 aliphatic carbocycles. The maximum atomic E-state index is 8.49. The zero-order chi connectivity index (χ0) is 42.4.